The van der Waals surface area contributed by atoms with Crippen LogP contribution in [0.15, 0.2) is 5.28 Å². The lowest BCUT2D eigenvalue weighted by Crippen LogP contribution is -2.48. The first-order valence-electron chi connectivity index (χ1n) is 3.88. The molecule has 10 heteroatoms. The Morgan fingerprint density at radius 1 is 1.31 bits per heavy atom. The smallest absolute Gasteiger partial charge is 0.349 e. The van der Waals surface area contributed by atoms with Crippen LogP contribution in [0.25, 0.3) is 10.4 Å². The third kappa shape index (κ3) is 3.81. The molecule has 4 atom stereocenters. The van der Waals surface area contributed by atoms with Gasteiger partial charge in [-0.25, -0.2) is 4.79 Å². The fourth-order valence-electron chi connectivity index (χ4n) is 0.721. The molecule has 0 aliphatic heterocycles. The lowest BCUT2D eigenvalue weighted by molar-refractivity contribution is -0.169. The van der Waals surface area contributed by atoms with Gasteiger partial charge >= 0.3 is 5.97 Å². The minimum atomic E-state index is -2.27. The molecular weight excluding hydrogens is 226 g/mol. The van der Waals surface area contributed by atoms with E-state index in [1.54, 1.807) is 0 Å². The summed E-state index contributed by atoms with van der Waals surface area (Å²) in [7, 11) is 0. The van der Waals surface area contributed by atoms with Crippen molar-refractivity contribution in [2.24, 2.45) is 5.28 Å². The summed E-state index contributed by atoms with van der Waals surface area (Å²) >= 11 is 0. The molecule has 0 aliphatic carbocycles. The van der Waals surface area contributed by atoms with Crippen LogP contribution in [0.2, 0.25) is 0 Å². The number of hydrogen-bond acceptors (Lipinski definition) is 8. The second-order valence-electron chi connectivity index (χ2n) is 2.63. The van der Waals surface area contributed by atoms with Crippen LogP contribution in [0.5, 0.6) is 0 Å². The van der Waals surface area contributed by atoms with Gasteiger partial charge in [0.2, 0.25) is 0 Å². The number of rotatable bonds is 6. The second kappa shape index (κ2) is 6.71. The van der Waals surface area contributed by atoms with Crippen molar-refractivity contribution < 1.29 is 34.9 Å². The van der Waals surface area contributed by atoms with Gasteiger partial charge in [0, 0.05) is 4.91 Å². The summed E-state index contributed by atoms with van der Waals surface area (Å²) in [6, 6.07) is 0. The Kier molecular flexibility index (Phi) is 6.00. The predicted octanol–water partition coefficient (Wildman–Crippen LogP) is -2.60. The van der Waals surface area contributed by atoms with E-state index < -0.39 is 30.4 Å². The maximum Gasteiger partial charge on any atom is 0.349 e. The predicted molar refractivity (Wildman–Crippen MR) is 45.3 cm³/mol. The minimum Gasteiger partial charge on any atom is -0.387 e. The molecule has 0 saturated carbocycles. The van der Waals surface area contributed by atoms with E-state index in [2.05, 4.69) is 10.1 Å². The minimum absolute atomic E-state index is 0.0978. The monoisotopic (exact) mass is 235 g/mol. The van der Waals surface area contributed by atoms with E-state index in [9.17, 15) is 9.59 Å². The lowest BCUT2D eigenvalue weighted by Gasteiger charge is -2.21. The molecule has 0 spiro atoms. The van der Waals surface area contributed by atoms with E-state index >= 15 is 0 Å². The summed E-state index contributed by atoms with van der Waals surface area (Å²) < 4.78 is 0. The third-order valence-corrected chi connectivity index (χ3v) is 1.57. The van der Waals surface area contributed by atoms with Crippen molar-refractivity contribution >= 4 is 12.3 Å². The number of carbonyl (C=O) groups is 2. The number of aldehydes is 1. The molecule has 0 aromatic carbocycles. The van der Waals surface area contributed by atoms with Crippen molar-refractivity contribution in [3.8, 4) is 0 Å². The number of aliphatic hydroxyl groups excluding tert-OH is 4. The molecule has 10 nitrogen and oxygen atoms in total. The number of aliphatic hydroxyl groups is 4. The van der Waals surface area contributed by atoms with Crippen LogP contribution < -0.4 is 0 Å². The molecule has 0 aromatic heterocycles. The van der Waals surface area contributed by atoms with E-state index in [1.807, 2.05) is 4.91 Å². The topological polar surface area (TPSA) is 173 Å². The zero-order valence-corrected chi connectivity index (χ0v) is 7.74. The van der Waals surface area contributed by atoms with Crippen LogP contribution in [0.4, 0.5) is 0 Å². The van der Waals surface area contributed by atoms with Gasteiger partial charge < -0.3 is 30.1 Å². The highest BCUT2D eigenvalue weighted by atomic mass is 16.7. The first-order valence-corrected chi connectivity index (χ1v) is 3.88. The molecule has 0 heterocycles. The molecule has 0 radical (unpaired) electrons. The van der Waals surface area contributed by atoms with Crippen molar-refractivity contribution in [1.82, 2.24) is 0 Å². The van der Waals surface area contributed by atoms with E-state index in [-0.39, 0.29) is 6.29 Å². The van der Waals surface area contributed by atoms with Crippen molar-refractivity contribution in [2.75, 3.05) is 0 Å². The molecule has 0 bridgehead atoms. The normalized spacial score (nSPS) is 17.5. The average molecular weight is 235 g/mol. The van der Waals surface area contributed by atoms with Crippen molar-refractivity contribution in [3.05, 3.63) is 10.4 Å². The summed E-state index contributed by atoms with van der Waals surface area (Å²) in [5.74, 6) is -1.54. The van der Waals surface area contributed by atoms with E-state index in [4.69, 9.17) is 26.0 Å². The molecule has 4 N–H and O–H groups in total. The fourth-order valence-corrected chi connectivity index (χ4v) is 0.721. The second-order valence-corrected chi connectivity index (χ2v) is 2.63. The van der Waals surface area contributed by atoms with Gasteiger partial charge in [0.1, 0.15) is 23.6 Å². The number of nitrogens with zero attached hydrogens (tertiary/aromatic N) is 3. The van der Waals surface area contributed by atoms with Crippen LogP contribution in [-0.4, -0.2) is 57.1 Å². The van der Waals surface area contributed by atoms with Crippen LogP contribution >= 0.6 is 0 Å². The van der Waals surface area contributed by atoms with Crippen LogP contribution in [0.3, 0.4) is 0 Å². The molecule has 0 rings (SSSR count). The van der Waals surface area contributed by atoms with Crippen molar-refractivity contribution in [2.45, 2.75) is 24.4 Å². The van der Waals surface area contributed by atoms with E-state index in [1.165, 1.54) is 0 Å². The Balaban J connectivity index is 4.47. The molecule has 0 aliphatic rings. The van der Waals surface area contributed by atoms with Gasteiger partial charge in [0.25, 0.3) is 0 Å². The summed E-state index contributed by atoms with van der Waals surface area (Å²) in [5, 5.41) is 38.3. The van der Waals surface area contributed by atoms with Gasteiger partial charge in [0.05, 0.1) is 0 Å². The Hall–Kier alpha value is -1.71. The fraction of sp³-hybridized carbons (Fsp3) is 0.667. The maximum atomic E-state index is 10.8. The van der Waals surface area contributed by atoms with Gasteiger partial charge in [-0.05, 0) is 5.53 Å². The Morgan fingerprint density at radius 2 is 1.88 bits per heavy atom. The zero-order valence-electron chi connectivity index (χ0n) is 7.74. The Morgan fingerprint density at radius 3 is 2.31 bits per heavy atom. The number of hydrogen-bond donors (Lipinski definition) is 4. The highest BCUT2D eigenvalue weighted by molar-refractivity contribution is 5.75. The SMILES string of the molecule is [N-]=[N+]=NOC(=O)[C@@H](O)[C@@H](O)[C@H](O)[C@@H](O)C=O. The molecule has 16 heavy (non-hydrogen) atoms. The maximum absolute atomic E-state index is 10.8. The highest BCUT2D eigenvalue weighted by Gasteiger charge is 2.35. The summed E-state index contributed by atoms with van der Waals surface area (Å²) in [5.41, 5.74) is 7.77. The van der Waals surface area contributed by atoms with Gasteiger partial charge in [-0.2, -0.15) is 0 Å². The third-order valence-electron chi connectivity index (χ3n) is 1.57. The standard InChI is InChI=1S/C6H9N3O7/c7-8-9-16-6(15)5(14)4(13)3(12)2(11)1-10/h1-5,11-14H/t2-,3+,4-,5-/m0/s1. The molecule has 0 unspecified atom stereocenters. The lowest BCUT2D eigenvalue weighted by atomic mass is 10.0. The van der Waals surface area contributed by atoms with E-state index in [0.717, 1.165) is 0 Å². The van der Waals surface area contributed by atoms with Crippen LogP contribution in [0.1, 0.15) is 0 Å². The molecular formula is C6H9N3O7. The average Bonchev–Trinajstić information content (AvgIpc) is 2.31. The van der Waals surface area contributed by atoms with Crippen LogP contribution in [0, 0.1) is 0 Å². The van der Waals surface area contributed by atoms with Gasteiger partial charge in [-0.3, -0.25) is 0 Å². The zero-order chi connectivity index (χ0) is 12.7. The Labute approximate surface area is 88.3 Å². The van der Waals surface area contributed by atoms with E-state index in [0.29, 0.717) is 0 Å². The first kappa shape index (κ1) is 14.3. The van der Waals surface area contributed by atoms with Gasteiger partial charge in [-0.1, -0.05) is 0 Å². The number of azide groups is 1. The molecule has 0 fully saturated rings. The molecule has 90 valence electrons. The van der Waals surface area contributed by atoms with Gasteiger partial charge in [0.15, 0.2) is 12.4 Å². The molecule has 0 amide bonds. The quantitative estimate of drug-likeness (QED) is 0.128. The molecule has 0 saturated heterocycles. The largest absolute Gasteiger partial charge is 0.387 e. The van der Waals surface area contributed by atoms with Crippen LogP contribution in [-0.2, 0) is 14.4 Å². The highest BCUT2D eigenvalue weighted by Crippen LogP contribution is 2.05. The first-order chi connectivity index (χ1) is 7.45. The van der Waals surface area contributed by atoms with Crippen molar-refractivity contribution in [1.29, 1.82) is 0 Å². The number of carbonyl (C=O) groups excluding carboxylic acids is 2. The summed E-state index contributed by atoms with van der Waals surface area (Å²) in [6.45, 7) is 0. The Bertz CT molecular complexity index is 302. The summed E-state index contributed by atoms with van der Waals surface area (Å²) in [6.07, 6.45) is -8.58. The molecule has 0 aromatic rings. The summed E-state index contributed by atoms with van der Waals surface area (Å²) in [4.78, 5) is 26.6. The van der Waals surface area contributed by atoms with Crippen molar-refractivity contribution in [3.63, 3.8) is 0 Å². The van der Waals surface area contributed by atoms with Gasteiger partial charge in [-0.15, -0.1) is 0 Å².